The molecule has 1 aromatic rings. The number of Topliss-reactive ketones (excluding diaryl/α,β-unsaturated/α-hetero) is 1. The summed E-state index contributed by atoms with van der Waals surface area (Å²) >= 11 is 0. The molecule has 6 amide bonds. The van der Waals surface area contributed by atoms with Gasteiger partial charge in [-0.1, -0.05) is 71.9 Å². The number of carbonyl (C=O) groups excluding carboxylic acids is 6. The summed E-state index contributed by atoms with van der Waals surface area (Å²) in [6, 6.07) is 5.43. The first-order valence-electron chi connectivity index (χ1n) is 16.6. The van der Waals surface area contributed by atoms with E-state index in [2.05, 4.69) is 26.6 Å². The predicted octanol–water partition coefficient (Wildman–Crippen LogP) is 2.51. The molecule has 0 spiro atoms. The van der Waals surface area contributed by atoms with Crippen molar-refractivity contribution in [1.29, 1.82) is 0 Å². The van der Waals surface area contributed by atoms with E-state index in [1.165, 1.54) is 4.90 Å². The molecule has 1 aromatic carbocycles. The standard InChI is InChI=1S/C35H54N6O6/c1-20(2)25-21(3)19-41(32(46)28(34(4,5)6)39-33(47)40-35(7,8)9)26(25)30(44)38-24(17-23-15-16-36-29(23)43)27(42)31(45)37-18-22-13-11-10-12-14-22/h10-14,20-21,23-26,28H,15-19H2,1-9H3,(H,36,43)(H,37,45)(H,38,44)(H2,39,40,47)/t21-,23-,24-,25-,26-,28+/m0/s1. The SMILES string of the molecule is CC(C)[C@@H]1[C@@H](C(=O)N[C@@H](C[C@@H]2CCNC2=O)C(=O)C(=O)NCc2ccccc2)N(C(=O)[C@@H](NC(=O)NC(C)(C)C)C(C)(C)C)C[C@@H]1C. The van der Waals surface area contributed by atoms with Gasteiger partial charge >= 0.3 is 6.03 Å². The Bertz CT molecular complexity index is 1320. The molecule has 0 aromatic heterocycles. The van der Waals surface area contributed by atoms with Crippen LogP contribution in [0.3, 0.4) is 0 Å². The highest BCUT2D eigenvalue weighted by Gasteiger charge is 2.51. The van der Waals surface area contributed by atoms with Crippen molar-refractivity contribution >= 4 is 35.4 Å². The highest BCUT2D eigenvalue weighted by Crippen LogP contribution is 2.37. The van der Waals surface area contributed by atoms with Crippen LogP contribution in [0, 0.1) is 29.1 Å². The highest BCUT2D eigenvalue weighted by atomic mass is 16.2. The van der Waals surface area contributed by atoms with Gasteiger partial charge in [-0.25, -0.2) is 4.79 Å². The lowest BCUT2D eigenvalue weighted by Gasteiger charge is -2.37. The van der Waals surface area contributed by atoms with E-state index in [4.69, 9.17) is 0 Å². The largest absolute Gasteiger partial charge is 0.356 e. The average Bonchev–Trinajstić information content (AvgIpc) is 3.54. The van der Waals surface area contributed by atoms with Gasteiger partial charge < -0.3 is 31.5 Å². The van der Waals surface area contributed by atoms with Gasteiger partial charge in [-0.15, -0.1) is 0 Å². The number of ketones is 1. The van der Waals surface area contributed by atoms with Crippen LogP contribution < -0.4 is 26.6 Å². The molecule has 0 bridgehead atoms. The average molecular weight is 655 g/mol. The lowest BCUT2D eigenvalue weighted by atomic mass is 9.81. The van der Waals surface area contributed by atoms with E-state index >= 15 is 0 Å². The number of urea groups is 1. The number of hydrogen-bond acceptors (Lipinski definition) is 6. The zero-order chi connectivity index (χ0) is 35.3. The minimum atomic E-state index is -1.28. The molecule has 260 valence electrons. The smallest absolute Gasteiger partial charge is 0.315 e. The molecule has 3 rings (SSSR count). The summed E-state index contributed by atoms with van der Waals surface area (Å²) in [5, 5.41) is 13.9. The molecule has 5 N–H and O–H groups in total. The number of likely N-dealkylation sites (tertiary alicyclic amines) is 1. The van der Waals surface area contributed by atoms with Crippen molar-refractivity contribution in [1.82, 2.24) is 31.5 Å². The maximum absolute atomic E-state index is 14.3. The molecule has 0 unspecified atom stereocenters. The van der Waals surface area contributed by atoms with Crippen LogP contribution in [0.5, 0.6) is 0 Å². The summed E-state index contributed by atoms with van der Waals surface area (Å²) in [5.74, 6) is -3.82. The van der Waals surface area contributed by atoms with Crippen molar-refractivity contribution in [3.63, 3.8) is 0 Å². The fourth-order valence-corrected chi connectivity index (χ4v) is 6.62. The van der Waals surface area contributed by atoms with Crippen LogP contribution in [0.4, 0.5) is 4.79 Å². The molecule has 12 nitrogen and oxygen atoms in total. The van der Waals surface area contributed by atoms with E-state index < -0.39 is 64.5 Å². The van der Waals surface area contributed by atoms with Crippen LogP contribution in [0.1, 0.15) is 80.7 Å². The third-order valence-electron chi connectivity index (χ3n) is 8.88. The first kappa shape index (κ1) is 37.5. The second-order valence-electron chi connectivity index (χ2n) is 15.5. The predicted molar refractivity (Wildman–Crippen MR) is 179 cm³/mol. The summed E-state index contributed by atoms with van der Waals surface area (Å²) in [7, 11) is 0. The Morgan fingerprint density at radius 2 is 1.62 bits per heavy atom. The first-order valence-corrected chi connectivity index (χ1v) is 16.6. The van der Waals surface area contributed by atoms with Gasteiger partial charge in [-0.05, 0) is 62.3 Å². The Kier molecular flexibility index (Phi) is 12.2. The van der Waals surface area contributed by atoms with Crippen LogP contribution >= 0.6 is 0 Å². The second-order valence-corrected chi connectivity index (χ2v) is 15.5. The number of nitrogens with one attached hydrogen (secondary N) is 5. The van der Waals surface area contributed by atoms with Crippen molar-refractivity contribution in [2.45, 2.75) is 105 Å². The van der Waals surface area contributed by atoms with Crippen LogP contribution in [-0.4, -0.2) is 77.1 Å². The van der Waals surface area contributed by atoms with Crippen molar-refractivity contribution in [2.24, 2.45) is 29.1 Å². The molecule has 12 heteroatoms. The van der Waals surface area contributed by atoms with Crippen LogP contribution in [0.15, 0.2) is 30.3 Å². The number of benzene rings is 1. The van der Waals surface area contributed by atoms with Gasteiger partial charge in [-0.3, -0.25) is 24.0 Å². The minimum Gasteiger partial charge on any atom is -0.356 e. The number of nitrogens with zero attached hydrogens (tertiary/aromatic N) is 1. The third kappa shape index (κ3) is 10.0. The molecule has 6 atom stereocenters. The Morgan fingerprint density at radius 3 is 2.15 bits per heavy atom. The Morgan fingerprint density at radius 1 is 0.979 bits per heavy atom. The quantitative estimate of drug-likeness (QED) is 0.230. The summed E-state index contributed by atoms with van der Waals surface area (Å²) in [6.07, 6.45) is 0.427. The Balaban J connectivity index is 1.90. The molecular weight excluding hydrogens is 600 g/mol. The fourth-order valence-electron chi connectivity index (χ4n) is 6.62. The van der Waals surface area contributed by atoms with Gasteiger partial charge in [0.25, 0.3) is 5.91 Å². The lowest BCUT2D eigenvalue weighted by molar-refractivity contribution is -0.145. The van der Waals surface area contributed by atoms with Crippen molar-refractivity contribution in [3.8, 4) is 0 Å². The molecule has 0 saturated carbocycles. The normalized spacial score (nSPS) is 22.7. The van der Waals surface area contributed by atoms with Crippen molar-refractivity contribution in [3.05, 3.63) is 35.9 Å². The van der Waals surface area contributed by atoms with E-state index in [-0.39, 0.29) is 43.2 Å². The Hall–Kier alpha value is -3.96. The molecule has 2 fully saturated rings. The van der Waals surface area contributed by atoms with Gasteiger partial charge in [0.15, 0.2) is 0 Å². The molecule has 2 heterocycles. The minimum absolute atomic E-state index is 0.00674. The highest BCUT2D eigenvalue weighted by molar-refractivity contribution is 6.38. The van der Waals surface area contributed by atoms with E-state index in [1.807, 2.05) is 92.6 Å². The summed E-state index contributed by atoms with van der Waals surface area (Å²) in [5.41, 5.74) is -0.428. The Labute approximate surface area is 278 Å². The molecule has 0 radical (unpaired) electrons. The molecule has 47 heavy (non-hydrogen) atoms. The van der Waals surface area contributed by atoms with Crippen molar-refractivity contribution < 1.29 is 28.8 Å². The van der Waals surface area contributed by atoms with Gasteiger partial charge in [0, 0.05) is 31.1 Å². The van der Waals surface area contributed by atoms with Gasteiger partial charge in [0.2, 0.25) is 23.5 Å². The summed E-state index contributed by atoms with van der Waals surface area (Å²) < 4.78 is 0. The van der Waals surface area contributed by atoms with Crippen LogP contribution in [0.25, 0.3) is 0 Å². The first-order chi connectivity index (χ1) is 21.8. The van der Waals surface area contributed by atoms with E-state index in [9.17, 15) is 28.8 Å². The molecule has 2 aliphatic heterocycles. The third-order valence-corrected chi connectivity index (χ3v) is 8.88. The lowest BCUT2D eigenvalue weighted by Crippen LogP contribution is -2.62. The molecule has 2 aliphatic rings. The summed E-state index contributed by atoms with van der Waals surface area (Å²) in [6.45, 7) is 17.8. The van der Waals surface area contributed by atoms with E-state index in [0.717, 1.165) is 5.56 Å². The molecule has 0 aliphatic carbocycles. The van der Waals surface area contributed by atoms with Gasteiger partial charge in [0.05, 0.1) is 6.04 Å². The van der Waals surface area contributed by atoms with Crippen LogP contribution in [0.2, 0.25) is 0 Å². The van der Waals surface area contributed by atoms with Gasteiger partial charge in [-0.2, -0.15) is 0 Å². The second kappa shape index (κ2) is 15.3. The fraction of sp³-hybridized carbons (Fsp3) is 0.657. The van der Waals surface area contributed by atoms with E-state index in [0.29, 0.717) is 13.0 Å². The summed E-state index contributed by atoms with van der Waals surface area (Å²) in [4.78, 5) is 82.2. The number of hydrogen-bond donors (Lipinski definition) is 5. The zero-order valence-electron chi connectivity index (χ0n) is 29.4. The number of rotatable bonds is 11. The maximum atomic E-state index is 14.3. The van der Waals surface area contributed by atoms with Crippen LogP contribution in [-0.2, 0) is 30.5 Å². The maximum Gasteiger partial charge on any atom is 0.315 e. The van der Waals surface area contributed by atoms with E-state index in [1.54, 1.807) is 0 Å². The molecule has 2 saturated heterocycles. The topological polar surface area (TPSA) is 166 Å². The number of amides is 6. The molecular formula is C35H54N6O6. The monoisotopic (exact) mass is 654 g/mol. The zero-order valence-corrected chi connectivity index (χ0v) is 29.4. The number of carbonyl (C=O) groups is 6. The van der Waals surface area contributed by atoms with Gasteiger partial charge in [0.1, 0.15) is 12.1 Å². The van der Waals surface area contributed by atoms with Crippen molar-refractivity contribution in [2.75, 3.05) is 13.1 Å².